The number of hydrogen-bond donors (Lipinski definition) is 2. The number of para-hydroxylation sites is 2. The third kappa shape index (κ3) is 4.01. The minimum absolute atomic E-state index is 0.00888. The van der Waals surface area contributed by atoms with Crippen LogP contribution in [0.4, 0.5) is 5.82 Å². The number of aromatic nitrogens is 2. The van der Waals surface area contributed by atoms with Crippen LogP contribution < -0.4 is 10.2 Å². The lowest BCUT2D eigenvalue weighted by atomic mass is 10.2. The average molecular weight is 439 g/mol. The van der Waals surface area contributed by atoms with Crippen LogP contribution in [0.15, 0.2) is 65.8 Å². The van der Waals surface area contributed by atoms with Crippen molar-refractivity contribution in [2.24, 2.45) is 5.10 Å². The zero-order valence-corrected chi connectivity index (χ0v) is 17.3. The lowest BCUT2D eigenvalue weighted by Crippen LogP contribution is -1.99. The molecule has 0 amide bonds. The molecule has 150 valence electrons. The van der Waals surface area contributed by atoms with Gasteiger partial charge in [-0.1, -0.05) is 41.4 Å². The van der Waals surface area contributed by atoms with Gasteiger partial charge in [-0.25, -0.2) is 9.97 Å². The Hall–Kier alpha value is -3.35. The first-order valence-corrected chi connectivity index (χ1v) is 9.69. The number of nitrogens with zero attached hydrogens (tertiary/aromatic N) is 3. The van der Waals surface area contributed by atoms with Crippen LogP contribution in [-0.2, 0) is 0 Å². The molecule has 4 rings (SSSR count). The van der Waals surface area contributed by atoms with Crippen molar-refractivity contribution in [2.75, 3.05) is 12.5 Å². The number of benzene rings is 3. The number of phenols is 1. The van der Waals surface area contributed by atoms with Crippen molar-refractivity contribution >= 4 is 46.1 Å². The van der Waals surface area contributed by atoms with E-state index in [1.165, 1.54) is 13.3 Å². The van der Waals surface area contributed by atoms with Crippen LogP contribution in [0.1, 0.15) is 5.56 Å². The normalized spacial score (nSPS) is 11.2. The maximum Gasteiger partial charge on any atom is 0.166 e. The molecule has 0 fully saturated rings. The van der Waals surface area contributed by atoms with Crippen LogP contribution in [0, 0.1) is 0 Å². The number of phenolic OH excluding ortho intramolecular Hbond substituents is 1. The van der Waals surface area contributed by atoms with Crippen LogP contribution >= 0.6 is 23.2 Å². The predicted molar refractivity (Wildman–Crippen MR) is 121 cm³/mol. The van der Waals surface area contributed by atoms with Gasteiger partial charge in [0.2, 0.25) is 0 Å². The molecule has 0 aliphatic heterocycles. The van der Waals surface area contributed by atoms with Crippen LogP contribution in [0.25, 0.3) is 22.3 Å². The number of fused-ring (bicyclic) bond motifs is 1. The summed E-state index contributed by atoms with van der Waals surface area (Å²) in [7, 11) is 1.49. The second kappa shape index (κ2) is 8.57. The van der Waals surface area contributed by atoms with Crippen LogP contribution in [0.3, 0.4) is 0 Å². The SMILES string of the molecule is COc1cccc(/C=N/Nc2nc(-c3ccc(Cl)c(Cl)c3)nc3ccccc23)c1O. The quantitative estimate of drug-likeness (QED) is 0.305. The molecule has 30 heavy (non-hydrogen) atoms. The van der Waals surface area contributed by atoms with E-state index in [0.717, 1.165) is 16.5 Å². The molecule has 2 N–H and O–H groups in total. The number of methoxy groups -OCH3 is 1. The summed E-state index contributed by atoms with van der Waals surface area (Å²) in [6.07, 6.45) is 1.49. The molecule has 3 aromatic carbocycles. The van der Waals surface area contributed by atoms with Gasteiger partial charge in [0, 0.05) is 16.5 Å². The van der Waals surface area contributed by atoms with Crippen molar-refractivity contribution < 1.29 is 9.84 Å². The van der Waals surface area contributed by atoms with E-state index < -0.39 is 0 Å². The van der Waals surface area contributed by atoms with E-state index in [9.17, 15) is 5.11 Å². The van der Waals surface area contributed by atoms with E-state index in [4.69, 9.17) is 27.9 Å². The Labute approximate surface area is 182 Å². The summed E-state index contributed by atoms with van der Waals surface area (Å²) in [6, 6.07) is 18.0. The number of halogens is 2. The maximum absolute atomic E-state index is 10.2. The fourth-order valence-electron chi connectivity index (χ4n) is 2.90. The lowest BCUT2D eigenvalue weighted by Gasteiger charge is -2.09. The second-order valence-corrected chi connectivity index (χ2v) is 7.12. The summed E-state index contributed by atoms with van der Waals surface area (Å²) in [5.41, 5.74) is 4.92. The second-order valence-electron chi connectivity index (χ2n) is 6.31. The summed E-state index contributed by atoms with van der Waals surface area (Å²) in [6.45, 7) is 0. The van der Waals surface area contributed by atoms with Gasteiger partial charge in [0.15, 0.2) is 23.1 Å². The Bertz CT molecular complexity index is 1260. The minimum atomic E-state index is 0.00888. The maximum atomic E-state index is 10.2. The predicted octanol–water partition coefficient (Wildman–Crippen LogP) is 5.76. The zero-order chi connectivity index (χ0) is 21.1. The zero-order valence-electron chi connectivity index (χ0n) is 15.8. The van der Waals surface area contributed by atoms with Crippen molar-refractivity contribution in [3.05, 3.63) is 76.3 Å². The van der Waals surface area contributed by atoms with Crippen molar-refractivity contribution in [1.29, 1.82) is 0 Å². The number of nitrogens with one attached hydrogen (secondary N) is 1. The van der Waals surface area contributed by atoms with E-state index in [1.54, 1.807) is 36.4 Å². The highest BCUT2D eigenvalue weighted by Gasteiger charge is 2.11. The Morgan fingerprint density at radius 2 is 1.83 bits per heavy atom. The highest BCUT2D eigenvalue weighted by molar-refractivity contribution is 6.42. The van der Waals surface area contributed by atoms with E-state index in [-0.39, 0.29) is 5.75 Å². The first kappa shape index (κ1) is 19.9. The van der Waals surface area contributed by atoms with Gasteiger partial charge in [0.1, 0.15) is 0 Å². The number of anilines is 1. The third-order valence-electron chi connectivity index (χ3n) is 4.41. The number of ether oxygens (including phenoxy) is 1. The van der Waals surface area contributed by atoms with Gasteiger partial charge in [-0.05, 0) is 42.5 Å². The van der Waals surface area contributed by atoms with E-state index in [2.05, 4.69) is 20.5 Å². The molecule has 0 bridgehead atoms. The molecule has 0 radical (unpaired) electrons. The van der Waals surface area contributed by atoms with Gasteiger partial charge < -0.3 is 9.84 Å². The van der Waals surface area contributed by atoms with E-state index >= 15 is 0 Å². The fraction of sp³-hybridized carbons (Fsp3) is 0.0455. The first-order chi connectivity index (χ1) is 14.6. The van der Waals surface area contributed by atoms with Crippen molar-refractivity contribution in [1.82, 2.24) is 9.97 Å². The standard InChI is InChI=1S/C22H16Cl2N4O2/c1-30-19-8-4-5-14(20(19)29)12-25-28-22-15-6-2-3-7-18(15)26-21(27-22)13-9-10-16(23)17(24)11-13/h2-12,29H,1H3,(H,26,27,28)/b25-12+. The van der Waals surface area contributed by atoms with Gasteiger partial charge in [0.05, 0.1) is 28.9 Å². The first-order valence-electron chi connectivity index (χ1n) is 8.94. The molecule has 0 aliphatic carbocycles. The monoisotopic (exact) mass is 438 g/mol. The van der Waals surface area contributed by atoms with Crippen LogP contribution in [-0.4, -0.2) is 28.4 Å². The van der Waals surface area contributed by atoms with Crippen molar-refractivity contribution in [3.8, 4) is 22.9 Å². The van der Waals surface area contributed by atoms with Gasteiger partial charge in [0.25, 0.3) is 0 Å². The van der Waals surface area contributed by atoms with Crippen molar-refractivity contribution in [2.45, 2.75) is 0 Å². The number of hydrazone groups is 1. The molecule has 6 nitrogen and oxygen atoms in total. The summed E-state index contributed by atoms with van der Waals surface area (Å²) >= 11 is 12.2. The molecule has 0 saturated carbocycles. The molecule has 4 aromatic rings. The number of hydrogen-bond acceptors (Lipinski definition) is 6. The minimum Gasteiger partial charge on any atom is -0.504 e. The largest absolute Gasteiger partial charge is 0.504 e. The molecule has 0 spiro atoms. The van der Waals surface area contributed by atoms with Gasteiger partial charge in [-0.2, -0.15) is 5.10 Å². The van der Waals surface area contributed by atoms with Gasteiger partial charge in [-0.15, -0.1) is 0 Å². The molecular weight excluding hydrogens is 423 g/mol. The van der Waals surface area contributed by atoms with E-state index in [1.807, 2.05) is 24.3 Å². The molecule has 1 heterocycles. The Kier molecular flexibility index (Phi) is 5.70. The molecule has 0 aliphatic rings. The summed E-state index contributed by atoms with van der Waals surface area (Å²) in [4.78, 5) is 9.22. The van der Waals surface area contributed by atoms with Crippen LogP contribution in [0.2, 0.25) is 10.0 Å². The topological polar surface area (TPSA) is 79.6 Å². The summed E-state index contributed by atoms with van der Waals surface area (Å²) in [5.74, 6) is 1.37. The average Bonchev–Trinajstić information content (AvgIpc) is 2.76. The third-order valence-corrected chi connectivity index (χ3v) is 5.14. The number of rotatable bonds is 5. The van der Waals surface area contributed by atoms with Crippen LogP contribution in [0.5, 0.6) is 11.5 Å². The molecule has 8 heteroatoms. The summed E-state index contributed by atoms with van der Waals surface area (Å²) < 4.78 is 5.12. The highest BCUT2D eigenvalue weighted by atomic mass is 35.5. The molecular formula is C22H16Cl2N4O2. The molecule has 1 aromatic heterocycles. The Morgan fingerprint density at radius 3 is 2.63 bits per heavy atom. The van der Waals surface area contributed by atoms with Gasteiger partial charge >= 0.3 is 0 Å². The smallest absolute Gasteiger partial charge is 0.166 e. The fourth-order valence-corrected chi connectivity index (χ4v) is 3.20. The summed E-state index contributed by atoms with van der Waals surface area (Å²) in [5, 5.41) is 16.1. The number of aromatic hydroxyl groups is 1. The Balaban J connectivity index is 1.72. The van der Waals surface area contributed by atoms with Gasteiger partial charge in [-0.3, -0.25) is 5.43 Å². The molecule has 0 saturated heterocycles. The lowest BCUT2D eigenvalue weighted by molar-refractivity contribution is 0.373. The molecule has 0 atom stereocenters. The molecule has 0 unspecified atom stereocenters. The van der Waals surface area contributed by atoms with Crippen molar-refractivity contribution in [3.63, 3.8) is 0 Å². The Morgan fingerprint density at radius 1 is 1.00 bits per heavy atom. The highest BCUT2D eigenvalue weighted by Crippen LogP contribution is 2.30. The van der Waals surface area contributed by atoms with E-state index in [0.29, 0.717) is 33.0 Å².